The Morgan fingerprint density at radius 2 is 1.45 bits per heavy atom. The zero-order valence-electron chi connectivity index (χ0n) is 11.2. The molecule has 0 saturated heterocycles. The number of carbonyl (C=O) groups is 1. The summed E-state index contributed by atoms with van der Waals surface area (Å²) in [6.07, 6.45) is 0. The van der Waals surface area contributed by atoms with Crippen molar-refractivity contribution in [3.63, 3.8) is 0 Å². The van der Waals surface area contributed by atoms with Gasteiger partial charge in [-0.2, -0.15) is 5.11 Å². The van der Waals surface area contributed by atoms with Gasteiger partial charge < -0.3 is 5.32 Å². The van der Waals surface area contributed by atoms with Crippen molar-refractivity contribution in [2.75, 3.05) is 5.32 Å². The maximum atomic E-state index is 13.8. The fourth-order valence-electron chi connectivity index (χ4n) is 1.60. The second kappa shape index (κ2) is 6.33. The normalized spacial score (nSPS) is 11.0. The zero-order valence-corrected chi connectivity index (χ0v) is 11.2. The van der Waals surface area contributed by atoms with E-state index in [2.05, 4.69) is 10.2 Å². The molecule has 4 nitrogen and oxygen atoms in total. The van der Waals surface area contributed by atoms with Crippen molar-refractivity contribution >= 4 is 23.0 Å². The number of anilines is 1. The molecule has 114 valence electrons. The number of nitrogens with zero attached hydrogens (tertiary/aromatic N) is 2. The first kappa shape index (κ1) is 15.6. The quantitative estimate of drug-likeness (QED) is 0.502. The van der Waals surface area contributed by atoms with E-state index in [1.807, 2.05) is 0 Å². The van der Waals surface area contributed by atoms with E-state index in [0.29, 0.717) is 0 Å². The van der Waals surface area contributed by atoms with Gasteiger partial charge in [-0.1, -0.05) is 18.2 Å². The van der Waals surface area contributed by atoms with Crippen LogP contribution in [0.4, 0.5) is 34.6 Å². The van der Waals surface area contributed by atoms with Crippen LogP contribution in [0.15, 0.2) is 40.6 Å². The summed E-state index contributed by atoms with van der Waals surface area (Å²) in [7, 11) is 0. The van der Waals surface area contributed by atoms with Crippen LogP contribution >= 0.6 is 0 Å². The highest BCUT2D eigenvalue weighted by Gasteiger charge is 2.26. The lowest BCUT2D eigenvalue weighted by molar-refractivity contribution is -0.114. The minimum Gasteiger partial charge on any atom is -0.321 e. The first-order valence-corrected chi connectivity index (χ1v) is 6.02. The number of carbonyl (C=O) groups excluding carboxylic acids is 1. The van der Waals surface area contributed by atoms with Gasteiger partial charge in [-0.05, 0) is 12.1 Å². The number of amides is 1. The molecule has 0 aliphatic heterocycles. The third-order valence-electron chi connectivity index (χ3n) is 2.56. The fourth-order valence-corrected chi connectivity index (χ4v) is 1.60. The average molecular weight is 311 g/mol. The van der Waals surface area contributed by atoms with Gasteiger partial charge in [0, 0.05) is 6.92 Å². The molecule has 0 radical (unpaired) electrons. The molecular weight excluding hydrogens is 302 g/mol. The van der Waals surface area contributed by atoms with E-state index in [9.17, 15) is 22.4 Å². The summed E-state index contributed by atoms with van der Waals surface area (Å²) in [4.78, 5) is 10.8. The van der Waals surface area contributed by atoms with Crippen molar-refractivity contribution in [2.45, 2.75) is 6.92 Å². The zero-order chi connectivity index (χ0) is 16.3. The minimum absolute atomic E-state index is 0.244. The number of hydrogen-bond acceptors (Lipinski definition) is 3. The van der Waals surface area contributed by atoms with Gasteiger partial charge in [0.2, 0.25) is 5.91 Å². The molecule has 0 fully saturated rings. The van der Waals surface area contributed by atoms with Gasteiger partial charge in [0.25, 0.3) is 0 Å². The monoisotopic (exact) mass is 311 g/mol. The third kappa shape index (κ3) is 3.11. The van der Waals surface area contributed by atoms with E-state index in [-0.39, 0.29) is 5.69 Å². The molecular formula is C14H9F4N3O. The molecule has 0 aliphatic rings. The molecule has 0 aromatic heterocycles. The number of azo groups is 1. The molecule has 8 heteroatoms. The largest absolute Gasteiger partial charge is 0.321 e. The van der Waals surface area contributed by atoms with E-state index in [1.165, 1.54) is 12.1 Å². The van der Waals surface area contributed by atoms with Crippen LogP contribution in [0, 0.1) is 23.3 Å². The van der Waals surface area contributed by atoms with Crippen molar-refractivity contribution in [3.8, 4) is 0 Å². The smallest absolute Gasteiger partial charge is 0.221 e. The van der Waals surface area contributed by atoms with Gasteiger partial charge in [0.05, 0.1) is 5.69 Å². The van der Waals surface area contributed by atoms with Crippen molar-refractivity contribution in [2.24, 2.45) is 10.2 Å². The highest BCUT2D eigenvalue weighted by molar-refractivity contribution is 5.89. The summed E-state index contributed by atoms with van der Waals surface area (Å²) in [6.45, 7) is 0.942. The lowest BCUT2D eigenvalue weighted by Gasteiger charge is -2.09. The highest BCUT2D eigenvalue weighted by Crippen LogP contribution is 2.34. The second-order valence-corrected chi connectivity index (χ2v) is 4.20. The molecule has 0 bridgehead atoms. The Morgan fingerprint density at radius 3 is 1.95 bits per heavy atom. The molecule has 1 amide bonds. The van der Waals surface area contributed by atoms with Crippen LogP contribution in [-0.4, -0.2) is 5.91 Å². The van der Waals surface area contributed by atoms with E-state index < -0.39 is 40.6 Å². The summed E-state index contributed by atoms with van der Waals surface area (Å²) >= 11 is 0. The predicted molar refractivity (Wildman–Crippen MR) is 71.2 cm³/mol. The van der Waals surface area contributed by atoms with Crippen LogP contribution in [0.2, 0.25) is 0 Å². The lowest BCUT2D eigenvalue weighted by Crippen LogP contribution is -2.12. The standard InChI is InChI=1S/C14H9F4N3O/c1-7(22)19-13-9(15)11(17)14(12(18)10(13)16)21-20-8-5-3-2-4-6-8/h2-6H,1H3,(H,19,22). The maximum absolute atomic E-state index is 13.8. The molecule has 0 unspecified atom stereocenters. The molecule has 0 spiro atoms. The molecule has 0 saturated carbocycles. The summed E-state index contributed by atoms with van der Waals surface area (Å²) in [5.74, 6) is -7.88. The Kier molecular flexibility index (Phi) is 4.50. The Labute approximate surface area is 122 Å². The van der Waals surface area contributed by atoms with Crippen molar-refractivity contribution in [3.05, 3.63) is 53.6 Å². The van der Waals surface area contributed by atoms with E-state index in [0.717, 1.165) is 6.92 Å². The maximum Gasteiger partial charge on any atom is 0.221 e. The van der Waals surface area contributed by atoms with Gasteiger partial charge >= 0.3 is 0 Å². The number of nitrogens with one attached hydrogen (secondary N) is 1. The number of halogens is 4. The summed E-state index contributed by atoms with van der Waals surface area (Å²) in [5.41, 5.74) is -2.18. The Hall–Kier alpha value is -2.77. The number of benzene rings is 2. The van der Waals surface area contributed by atoms with Gasteiger partial charge in [0.1, 0.15) is 5.69 Å². The lowest BCUT2D eigenvalue weighted by atomic mass is 10.2. The van der Waals surface area contributed by atoms with Crippen molar-refractivity contribution in [1.82, 2.24) is 0 Å². The van der Waals surface area contributed by atoms with E-state index in [4.69, 9.17) is 0 Å². The molecule has 0 aliphatic carbocycles. The van der Waals surface area contributed by atoms with Crippen LogP contribution in [-0.2, 0) is 4.79 Å². The first-order chi connectivity index (χ1) is 10.4. The number of rotatable bonds is 3. The highest BCUT2D eigenvalue weighted by atomic mass is 19.2. The average Bonchev–Trinajstić information content (AvgIpc) is 2.50. The van der Waals surface area contributed by atoms with Crippen molar-refractivity contribution in [1.29, 1.82) is 0 Å². The van der Waals surface area contributed by atoms with Gasteiger partial charge in [-0.25, -0.2) is 17.6 Å². The number of hydrogen-bond donors (Lipinski definition) is 1. The molecule has 2 rings (SSSR count). The Morgan fingerprint density at radius 1 is 0.909 bits per heavy atom. The molecule has 2 aromatic rings. The van der Waals surface area contributed by atoms with Crippen LogP contribution in [0.3, 0.4) is 0 Å². The Bertz CT molecular complexity index is 718. The van der Waals surface area contributed by atoms with Crippen molar-refractivity contribution < 1.29 is 22.4 Å². The Balaban J connectivity index is 2.50. The van der Waals surface area contributed by atoms with Crippen LogP contribution in [0.5, 0.6) is 0 Å². The van der Waals surface area contributed by atoms with E-state index in [1.54, 1.807) is 23.5 Å². The molecule has 0 atom stereocenters. The summed E-state index contributed by atoms with van der Waals surface area (Å²) in [6, 6.07) is 7.85. The molecule has 22 heavy (non-hydrogen) atoms. The first-order valence-electron chi connectivity index (χ1n) is 6.02. The van der Waals surface area contributed by atoms with Gasteiger partial charge in [0.15, 0.2) is 29.0 Å². The van der Waals surface area contributed by atoms with Crippen LogP contribution in [0.1, 0.15) is 6.92 Å². The minimum atomic E-state index is -1.75. The van der Waals surface area contributed by atoms with Gasteiger partial charge in [-0.15, -0.1) is 5.11 Å². The fraction of sp³-hybridized carbons (Fsp3) is 0.0714. The van der Waals surface area contributed by atoms with Crippen LogP contribution in [0.25, 0.3) is 0 Å². The third-order valence-corrected chi connectivity index (χ3v) is 2.56. The van der Waals surface area contributed by atoms with E-state index >= 15 is 0 Å². The summed E-state index contributed by atoms with van der Waals surface area (Å²) in [5, 5.41) is 8.38. The molecule has 2 aromatic carbocycles. The molecule has 0 heterocycles. The van der Waals surface area contributed by atoms with Gasteiger partial charge in [-0.3, -0.25) is 4.79 Å². The predicted octanol–water partition coefficient (Wildman–Crippen LogP) is 4.62. The summed E-state index contributed by atoms with van der Waals surface area (Å²) < 4.78 is 54.9. The topological polar surface area (TPSA) is 53.8 Å². The molecule has 1 N–H and O–H groups in total. The SMILES string of the molecule is CC(=O)Nc1c(F)c(F)c(N=Nc2ccccc2)c(F)c1F. The van der Waals surface area contributed by atoms with Crippen LogP contribution < -0.4 is 5.32 Å². The second-order valence-electron chi connectivity index (χ2n) is 4.20.